The van der Waals surface area contributed by atoms with Crippen LogP contribution in [-0.4, -0.2) is 35.6 Å². The number of halogens is 3. The van der Waals surface area contributed by atoms with Gasteiger partial charge in [0.1, 0.15) is 6.54 Å². The molecular weight excluding hydrogens is 353 g/mol. The fourth-order valence-electron chi connectivity index (χ4n) is 2.86. The number of amides is 2. The topological polar surface area (TPSA) is 95.5 Å². The van der Waals surface area contributed by atoms with E-state index in [-0.39, 0.29) is 17.9 Å². The Morgan fingerprint density at radius 3 is 2.42 bits per heavy atom. The number of benzene rings is 1. The number of carbonyl (C=O) groups is 3. The number of hydrogen-bond donors (Lipinski definition) is 3. The van der Waals surface area contributed by atoms with Crippen LogP contribution in [-0.2, 0) is 9.59 Å². The van der Waals surface area contributed by atoms with E-state index in [0.29, 0.717) is 24.1 Å². The van der Waals surface area contributed by atoms with Gasteiger partial charge in [-0.05, 0) is 43.9 Å². The number of alkyl halides is 3. The summed E-state index contributed by atoms with van der Waals surface area (Å²) in [7, 11) is 0. The van der Waals surface area contributed by atoms with Gasteiger partial charge in [0, 0.05) is 17.2 Å². The molecule has 0 radical (unpaired) electrons. The zero-order chi connectivity index (χ0) is 19.5. The average Bonchev–Trinajstić information content (AvgIpc) is 3.04. The molecule has 0 aromatic heterocycles. The first-order chi connectivity index (χ1) is 12.1. The first kappa shape index (κ1) is 19.7. The van der Waals surface area contributed by atoms with E-state index < -0.39 is 36.4 Å². The van der Waals surface area contributed by atoms with Crippen LogP contribution >= 0.6 is 0 Å². The van der Waals surface area contributed by atoms with Crippen molar-refractivity contribution in [3.63, 3.8) is 0 Å². The Kier molecular flexibility index (Phi) is 5.89. The number of carboxylic acid groups (broad SMARTS) is 1. The van der Waals surface area contributed by atoms with E-state index in [2.05, 4.69) is 5.32 Å². The number of aryl methyl sites for hydroxylation is 1. The van der Waals surface area contributed by atoms with E-state index in [1.807, 2.05) is 0 Å². The van der Waals surface area contributed by atoms with Gasteiger partial charge in [0.15, 0.2) is 0 Å². The summed E-state index contributed by atoms with van der Waals surface area (Å²) in [5, 5.41) is 13.4. The van der Waals surface area contributed by atoms with Gasteiger partial charge in [0.05, 0.1) is 5.92 Å². The fourth-order valence-corrected chi connectivity index (χ4v) is 2.86. The highest BCUT2D eigenvalue weighted by atomic mass is 19.4. The van der Waals surface area contributed by atoms with Crippen LogP contribution in [0.25, 0.3) is 0 Å². The second kappa shape index (κ2) is 7.76. The molecule has 2 amide bonds. The summed E-state index contributed by atoms with van der Waals surface area (Å²) in [6.07, 6.45) is -3.40. The van der Waals surface area contributed by atoms with Crippen molar-refractivity contribution in [3.8, 4) is 0 Å². The fraction of sp³-hybridized carbons (Fsp3) is 0.471. The van der Waals surface area contributed by atoms with Gasteiger partial charge >= 0.3 is 12.1 Å². The maximum absolute atomic E-state index is 12.3. The van der Waals surface area contributed by atoms with E-state index in [9.17, 15) is 27.6 Å². The lowest BCUT2D eigenvalue weighted by molar-refractivity contribution is -0.141. The molecule has 2 rings (SSSR count). The van der Waals surface area contributed by atoms with Crippen molar-refractivity contribution in [2.24, 2.45) is 11.8 Å². The summed E-state index contributed by atoms with van der Waals surface area (Å²) in [4.78, 5) is 35.1. The molecule has 0 aliphatic heterocycles. The Labute approximate surface area is 147 Å². The predicted molar refractivity (Wildman–Crippen MR) is 86.7 cm³/mol. The number of rotatable bonds is 5. The number of nitrogens with one attached hydrogen (secondary N) is 2. The van der Waals surface area contributed by atoms with E-state index in [1.54, 1.807) is 12.2 Å². The Hall–Kier alpha value is -2.58. The number of anilines is 1. The minimum atomic E-state index is -4.51. The molecule has 1 aliphatic rings. The van der Waals surface area contributed by atoms with Gasteiger partial charge in [0.25, 0.3) is 5.91 Å². The molecule has 3 N–H and O–H groups in total. The maximum atomic E-state index is 12.3. The van der Waals surface area contributed by atoms with Crippen molar-refractivity contribution in [1.29, 1.82) is 0 Å². The van der Waals surface area contributed by atoms with Crippen LogP contribution in [0, 0.1) is 18.8 Å². The van der Waals surface area contributed by atoms with E-state index >= 15 is 0 Å². The van der Waals surface area contributed by atoms with Crippen LogP contribution in [0.5, 0.6) is 0 Å². The molecule has 0 spiro atoms. The molecule has 1 aliphatic carbocycles. The first-order valence-electron chi connectivity index (χ1n) is 8.06. The zero-order valence-corrected chi connectivity index (χ0v) is 14.0. The summed E-state index contributed by atoms with van der Waals surface area (Å²) in [5.74, 6) is -3.18. The highest BCUT2D eigenvalue weighted by Gasteiger charge is 2.34. The molecule has 26 heavy (non-hydrogen) atoms. The quantitative estimate of drug-likeness (QED) is 0.741. The van der Waals surface area contributed by atoms with E-state index in [4.69, 9.17) is 5.11 Å². The minimum absolute atomic E-state index is 0.00927. The third-order valence-electron chi connectivity index (χ3n) is 4.36. The van der Waals surface area contributed by atoms with Crippen LogP contribution in [0.15, 0.2) is 18.2 Å². The van der Waals surface area contributed by atoms with Gasteiger partial charge in [-0.2, -0.15) is 13.2 Å². The standard InChI is InChI=1S/C17H19F3N2O4/c1-9-2-3-11(14(23)21-8-17(18,19)20)7-13(9)22-15(24)10-4-5-12(6-10)16(25)26/h2-3,7,10,12H,4-6,8H2,1H3,(H,21,23)(H,22,24)(H,25,26)/t10-,12+/m1/s1. The van der Waals surface area contributed by atoms with Crippen LogP contribution in [0.4, 0.5) is 18.9 Å². The van der Waals surface area contributed by atoms with Crippen molar-refractivity contribution < 1.29 is 32.7 Å². The summed E-state index contributed by atoms with van der Waals surface area (Å²) in [5.41, 5.74) is 0.942. The molecule has 1 aromatic rings. The van der Waals surface area contributed by atoms with Crippen molar-refractivity contribution in [2.75, 3.05) is 11.9 Å². The molecule has 9 heteroatoms. The van der Waals surface area contributed by atoms with Crippen LogP contribution in [0.1, 0.15) is 35.2 Å². The van der Waals surface area contributed by atoms with Crippen molar-refractivity contribution in [3.05, 3.63) is 29.3 Å². The SMILES string of the molecule is Cc1ccc(C(=O)NCC(F)(F)F)cc1NC(=O)[C@@H]1CC[C@H](C(=O)O)C1. The predicted octanol–water partition coefficient (Wildman–Crippen LogP) is 2.73. The zero-order valence-electron chi connectivity index (χ0n) is 14.0. The van der Waals surface area contributed by atoms with E-state index in [0.717, 1.165) is 0 Å². The van der Waals surface area contributed by atoms with Gasteiger partial charge in [-0.3, -0.25) is 14.4 Å². The third kappa shape index (κ3) is 5.21. The molecule has 142 valence electrons. The Balaban J connectivity index is 2.04. The number of carbonyl (C=O) groups excluding carboxylic acids is 2. The van der Waals surface area contributed by atoms with Gasteiger partial charge < -0.3 is 15.7 Å². The normalized spacial score (nSPS) is 19.8. The van der Waals surface area contributed by atoms with Gasteiger partial charge in [-0.15, -0.1) is 0 Å². The molecule has 0 saturated heterocycles. The molecule has 2 atom stereocenters. The van der Waals surface area contributed by atoms with E-state index in [1.165, 1.54) is 18.2 Å². The molecule has 0 unspecified atom stereocenters. The molecule has 6 nitrogen and oxygen atoms in total. The highest BCUT2D eigenvalue weighted by Crippen LogP contribution is 2.32. The largest absolute Gasteiger partial charge is 0.481 e. The smallest absolute Gasteiger partial charge is 0.405 e. The average molecular weight is 372 g/mol. The van der Waals surface area contributed by atoms with Crippen molar-refractivity contribution >= 4 is 23.5 Å². The van der Waals surface area contributed by atoms with Crippen LogP contribution in [0.3, 0.4) is 0 Å². The number of carboxylic acids is 1. The van der Waals surface area contributed by atoms with Gasteiger partial charge in [-0.25, -0.2) is 0 Å². The second-order valence-corrected chi connectivity index (χ2v) is 6.36. The Bertz CT molecular complexity index is 718. The van der Waals surface area contributed by atoms with Crippen LogP contribution < -0.4 is 10.6 Å². The summed E-state index contributed by atoms with van der Waals surface area (Å²) in [6, 6.07) is 4.20. The van der Waals surface area contributed by atoms with Gasteiger partial charge in [0.2, 0.25) is 5.91 Å². The minimum Gasteiger partial charge on any atom is -0.481 e. The molecule has 0 bridgehead atoms. The van der Waals surface area contributed by atoms with Crippen LogP contribution in [0.2, 0.25) is 0 Å². The van der Waals surface area contributed by atoms with Crippen molar-refractivity contribution in [2.45, 2.75) is 32.4 Å². The lowest BCUT2D eigenvalue weighted by atomic mass is 10.0. The maximum Gasteiger partial charge on any atom is 0.405 e. The first-order valence-corrected chi connectivity index (χ1v) is 8.06. The molecule has 1 fully saturated rings. The third-order valence-corrected chi connectivity index (χ3v) is 4.36. The lowest BCUT2D eigenvalue weighted by Crippen LogP contribution is -2.33. The molecule has 0 heterocycles. The Morgan fingerprint density at radius 1 is 1.19 bits per heavy atom. The molecular formula is C17H19F3N2O4. The summed E-state index contributed by atoms with van der Waals surface area (Å²) in [6.45, 7) is 0.238. The van der Waals surface area contributed by atoms with Crippen molar-refractivity contribution in [1.82, 2.24) is 5.32 Å². The Morgan fingerprint density at radius 2 is 1.85 bits per heavy atom. The monoisotopic (exact) mass is 372 g/mol. The number of hydrogen-bond acceptors (Lipinski definition) is 3. The molecule has 1 aromatic carbocycles. The summed E-state index contributed by atoms with van der Waals surface area (Å²) >= 11 is 0. The lowest BCUT2D eigenvalue weighted by Gasteiger charge is -2.14. The molecule has 1 saturated carbocycles. The van der Waals surface area contributed by atoms with Gasteiger partial charge in [-0.1, -0.05) is 6.07 Å². The second-order valence-electron chi connectivity index (χ2n) is 6.36. The highest BCUT2D eigenvalue weighted by molar-refractivity contribution is 5.98. The summed E-state index contributed by atoms with van der Waals surface area (Å²) < 4.78 is 36.6. The number of aliphatic carboxylic acids is 1.